The van der Waals surface area contributed by atoms with E-state index in [0.29, 0.717) is 0 Å². The molecule has 0 N–H and O–H groups in total. The highest BCUT2D eigenvalue weighted by Gasteiger charge is 2.14. The van der Waals surface area contributed by atoms with E-state index in [1.54, 1.807) is 13.1 Å². The number of rotatable bonds is 8. The fourth-order valence-electron chi connectivity index (χ4n) is 2.70. The van der Waals surface area contributed by atoms with E-state index in [1.165, 1.54) is 32.4 Å². The van der Waals surface area contributed by atoms with Crippen molar-refractivity contribution in [2.24, 2.45) is 0 Å². The largest absolute Gasteiger partial charge is 0.375 e. The lowest BCUT2D eigenvalue weighted by Crippen LogP contribution is -2.32. The molecule has 1 saturated heterocycles. The highest BCUT2D eigenvalue weighted by Crippen LogP contribution is 2.12. The first-order valence-corrected chi connectivity index (χ1v) is 8.00. The van der Waals surface area contributed by atoms with Gasteiger partial charge in [0.25, 0.3) is 5.70 Å². The minimum absolute atomic E-state index is 0.206. The zero-order chi connectivity index (χ0) is 15.7. The SMILES string of the molecule is CC/C=C(C)/C(=C\N(C)CCCN1CCCCC1)[N+](=O)[O-]. The van der Waals surface area contributed by atoms with E-state index in [9.17, 15) is 10.1 Å². The second-order valence-electron chi connectivity index (χ2n) is 5.80. The average molecular weight is 295 g/mol. The minimum Gasteiger partial charge on any atom is -0.375 e. The molecular weight excluding hydrogens is 266 g/mol. The fraction of sp³-hybridized carbons (Fsp3) is 0.750. The van der Waals surface area contributed by atoms with Crippen LogP contribution in [-0.2, 0) is 0 Å². The monoisotopic (exact) mass is 295 g/mol. The molecule has 120 valence electrons. The Morgan fingerprint density at radius 1 is 1.33 bits per heavy atom. The van der Waals surface area contributed by atoms with Gasteiger partial charge in [-0.15, -0.1) is 0 Å². The summed E-state index contributed by atoms with van der Waals surface area (Å²) >= 11 is 0. The molecule has 21 heavy (non-hydrogen) atoms. The molecule has 0 unspecified atom stereocenters. The van der Waals surface area contributed by atoms with Gasteiger partial charge in [0.05, 0.1) is 11.1 Å². The third-order valence-electron chi connectivity index (χ3n) is 3.89. The molecule has 0 radical (unpaired) electrons. The van der Waals surface area contributed by atoms with Gasteiger partial charge >= 0.3 is 0 Å². The van der Waals surface area contributed by atoms with Crippen LogP contribution >= 0.6 is 0 Å². The van der Waals surface area contributed by atoms with E-state index in [2.05, 4.69) is 4.90 Å². The van der Waals surface area contributed by atoms with E-state index in [1.807, 2.05) is 24.9 Å². The van der Waals surface area contributed by atoms with Gasteiger partial charge in [0.1, 0.15) is 0 Å². The predicted octanol–water partition coefficient (Wildman–Crippen LogP) is 3.27. The second kappa shape index (κ2) is 9.55. The van der Waals surface area contributed by atoms with Gasteiger partial charge in [-0.25, -0.2) is 0 Å². The van der Waals surface area contributed by atoms with Gasteiger partial charge in [-0.3, -0.25) is 10.1 Å². The molecule has 0 saturated carbocycles. The van der Waals surface area contributed by atoms with Crippen molar-refractivity contribution in [1.29, 1.82) is 0 Å². The van der Waals surface area contributed by atoms with Gasteiger partial charge in [-0.1, -0.05) is 19.4 Å². The van der Waals surface area contributed by atoms with Gasteiger partial charge in [0.15, 0.2) is 0 Å². The normalized spacial score (nSPS) is 17.9. The number of hydrogen-bond donors (Lipinski definition) is 0. The summed E-state index contributed by atoms with van der Waals surface area (Å²) in [6, 6.07) is 0. The molecule has 0 spiro atoms. The van der Waals surface area contributed by atoms with Gasteiger partial charge < -0.3 is 9.80 Å². The van der Waals surface area contributed by atoms with Crippen molar-refractivity contribution in [3.8, 4) is 0 Å². The van der Waals surface area contributed by atoms with Crippen LogP contribution in [0, 0.1) is 10.1 Å². The van der Waals surface area contributed by atoms with Crippen LogP contribution in [0.1, 0.15) is 46.0 Å². The summed E-state index contributed by atoms with van der Waals surface area (Å²) < 4.78 is 0. The van der Waals surface area contributed by atoms with Gasteiger partial charge in [0.2, 0.25) is 0 Å². The van der Waals surface area contributed by atoms with Crippen LogP contribution in [0.3, 0.4) is 0 Å². The highest BCUT2D eigenvalue weighted by atomic mass is 16.6. The van der Waals surface area contributed by atoms with Gasteiger partial charge in [-0.05, 0) is 52.2 Å². The summed E-state index contributed by atoms with van der Waals surface area (Å²) in [4.78, 5) is 15.3. The number of nitrogens with zero attached hydrogens (tertiary/aromatic N) is 3. The number of likely N-dealkylation sites (tertiary alicyclic amines) is 1. The quantitative estimate of drug-likeness (QED) is 0.392. The minimum atomic E-state index is -0.289. The molecule has 0 aromatic heterocycles. The van der Waals surface area contributed by atoms with E-state index >= 15 is 0 Å². The van der Waals surface area contributed by atoms with E-state index in [-0.39, 0.29) is 10.6 Å². The maximum absolute atomic E-state index is 11.1. The number of hydrogen-bond acceptors (Lipinski definition) is 4. The lowest BCUT2D eigenvalue weighted by Gasteiger charge is -2.27. The molecule has 0 atom stereocenters. The Labute approximate surface area is 128 Å². The Hall–Kier alpha value is -1.36. The fourth-order valence-corrected chi connectivity index (χ4v) is 2.70. The molecule has 0 bridgehead atoms. The third-order valence-corrected chi connectivity index (χ3v) is 3.89. The van der Waals surface area contributed by atoms with Crippen molar-refractivity contribution in [3.63, 3.8) is 0 Å². The smallest absolute Gasteiger partial charge is 0.287 e. The summed E-state index contributed by atoms with van der Waals surface area (Å²) in [5.74, 6) is 0. The van der Waals surface area contributed by atoms with Crippen molar-refractivity contribution in [1.82, 2.24) is 9.80 Å². The summed E-state index contributed by atoms with van der Waals surface area (Å²) in [5.41, 5.74) is 0.947. The summed E-state index contributed by atoms with van der Waals surface area (Å²) in [5, 5.41) is 11.1. The summed E-state index contributed by atoms with van der Waals surface area (Å²) in [6.45, 7) is 8.15. The van der Waals surface area contributed by atoms with Crippen molar-refractivity contribution in [2.45, 2.75) is 46.0 Å². The topological polar surface area (TPSA) is 49.6 Å². The Morgan fingerprint density at radius 2 is 2.00 bits per heavy atom. The van der Waals surface area contributed by atoms with Gasteiger partial charge in [-0.2, -0.15) is 0 Å². The molecule has 1 rings (SSSR count). The van der Waals surface area contributed by atoms with E-state index < -0.39 is 0 Å². The predicted molar refractivity (Wildman–Crippen MR) is 86.7 cm³/mol. The first-order chi connectivity index (χ1) is 10.0. The van der Waals surface area contributed by atoms with Crippen molar-refractivity contribution < 1.29 is 4.92 Å². The zero-order valence-corrected chi connectivity index (χ0v) is 13.7. The third kappa shape index (κ3) is 6.76. The first kappa shape index (κ1) is 17.7. The van der Waals surface area contributed by atoms with Crippen molar-refractivity contribution in [2.75, 3.05) is 33.2 Å². The van der Waals surface area contributed by atoms with E-state index in [0.717, 1.165) is 31.5 Å². The zero-order valence-electron chi connectivity index (χ0n) is 13.7. The van der Waals surface area contributed by atoms with Crippen LogP contribution in [0.5, 0.6) is 0 Å². The van der Waals surface area contributed by atoms with Crippen LogP contribution in [0.2, 0.25) is 0 Å². The maximum Gasteiger partial charge on any atom is 0.287 e. The van der Waals surface area contributed by atoms with E-state index in [4.69, 9.17) is 0 Å². The highest BCUT2D eigenvalue weighted by molar-refractivity contribution is 5.22. The maximum atomic E-state index is 11.1. The molecule has 1 aliphatic heterocycles. The lowest BCUT2D eigenvalue weighted by molar-refractivity contribution is -0.421. The number of nitro groups is 1. The molecule has 1 aliphatic rings. The van der Waals surface area contributed by atoms with Crippen molar-refractivity contribution in [3.05, 3.63) is 33.7 Å². The Kier molecular flexibility index (Phi) is 8.05. The Morgan fingerprint density at radius 3 is 2.57 bits per heavy atom. The summed E-state index contributed by atoms with van der Waals surface area (Å²) in [6.07, 6.45) is 9.40. The molecule has 0 amide bonds. The molecule has 5 heteroatoms. The molecule has 5 nitrogen and oxygen atoms in total. The molecule has 0 aromatic rings. The second-order valence-corrected chi connectivity index (χ2v) is 5.80. The summed E-state index contributed by atoms with van der Waals surface area (Å²) in [7, 11) is 1.92. The number of piperidine rings is 1. The number of allylic oxidation sites excluding steroid dienone is 2. The van der Waals surface area contributed by atoms with Crippen LogP contribution in [0.15, 0.2) is 23.5 Å². The molecule has 1 fully saturated rings. The Bertz CT molecular complexity index is 385. The Balaban J connectivity index is 2.44. The van der Waals surface area contributed by atoms with Crippen LogP contribution in [0.25, 0.3) is 0 Å². The van der Waals surface area contributed by atoms with Crippen LogP contribution in [-0.4, -0.2) is 47.9 Å². The average Bonchev–Trinajstić information content (AvgIpc) is 2.45. The first-order valence-electron chi connectivity index (χ1n) is 8.00. The van der Waals surface area contributed by atoms with Crippen LogP contribution in [0.4, 0.5) is 0 Å². The molecule has 0 aliphatic carbocycles. The molecule has 1 heterocycles. The molecule has 0 aromatic carbocycles. The standard InChI is InChI=1S/C16H29N3O2/c1-4-9-15(2)16(19(20)21)14-17(3)10-8-13-18-11-6-5-7-12-18/h9,14H,4-8,10-13H2,1-3H3/b15-9+,16-14+. The van der Waals surface area contributed by atoms with Gasteiger partial charge in [0, 0.05) is 19.2 Å². The van der Waals surface area contributed by atoms with Crippen LogP contribution < -0.4 is 0 Å². The van der Waals surface area contributed by atoms with Crippen molar-refractivity contribution >= 4 is 0 Å². The molecular formula is C16H29N3O2. The lowest BCUT2D eigenvalue weighted by atomic mass is 10.1.